The summed E-state index contributed by atoms with van der Waals surface area (Å²) in [4.78, 5) is 2.67. The maximum Gasteiger partial charge on any atom is 0.0617 e. The van der Waals surface area contributed by atoms with Gasteiger partial charge in [0.05, 0.1) is 16.6 Å². The van der Waals surface area contributed by atoms with Crippen LogP contribution < -0.4 is 5.32 Å². The van der Waals surface area contributed by atoms with Crippen molar-refractivity contribution in [2.24, 2.45) is 0 Å². The SMILES string of the molecule is c1ccc2c(c1)Nc1c(cccc1[C]1CCCCS1)S2. The molecule has 1 N–H and O–H groups in total. The third-order valence-electron chi connectivity index (χ3n) is 3.77. The molecule has 0 unspecified atom stereocenters. The van der Waals surface area contributed by atoms with E-state index in [1.54, 1.807) is 5.25 Å². The van der Waals surface area contributed by atoms with Gasteiger partial charge in [-0.05, 0) is 42.4 Å². The summed E-state index contributed by atoms with van der Waals surface area (Å²) in [6, 6.07) is 15.2. The van der Waals surface area contributed by atoms with Crippen LogP contribution in [0.4, 0.5) is 11.4 Å². The number of rotatable bonds is 1. The van der Waals surface area contributed by atoms with Gasteiger partial charge >= 0.3 is 0 Å². The molecule has 1 nitrogen and oxygen atoms in total. The molecule has 2 aromatic carbocycles. The second-order valence-electron chi connectivity index (χ2n) is 5.13. The van der Waals surface area contributed by atoms with Crippen molar-refractivity contribution in [1.82, 2.24) is 0 Å². The van der Waals surface area contributed by atoms with Crippen LogP contribution in [0.25, 0.3) is 0 Å². The second-order valence-corrected chi connectivity index (χ2v) is 7.40. The zero-order valence-corrected chi connectivity index (χ0v) is 12.8. The van der Waals surface area contributed by atoms with Crippen molar-refractivity contribution in [3.05, 3.63) is 53.3 Å². The Morgan fingerprint density at radius 3 is 2.70 bits per heavy atom. The Bertz CT molecular complexity index is 633. The van der Waals surface area contributed by atoms with Gasteiger partial charge in [-0.2, -0.15) is 0 Å². The number of nitrogens with one attached hydrogen (secondary N) is 1. The van der Waals surface area contributed by atoms with Crippen LogP contribution in [-0.2, 0) is 0 Å². The molecule has 3 heteroatoms. The lowest BCUT2D eigenvalue weighted by Gasteiger charge is -2.28. The number of hydrogen-bond donors (Lipinski definition) is 1. The van der Waals surface area contributed by atoms with Gasteiger partial charge in [0.1, 0.15) is 0 Å². The zero-order valence-electron chi connectivity index (χ0n) is 11.2. The Morgan fingerprint density at radius 2 is 1.80 bits per heavy atom. The topological polar surface area (TPSA) is 12.0 Å². The molecule has 2 aromatic rings. The van der Waals surface area contributed by atoms with Crippen LogP contribution in [0.1, 0.15) is 24.8 Å². The summed E-state index contributed by atoms with van der Waals surface area (Å²) < 4.78 is 0. The fourth-order valence-electron chi connectivity index (χ4n) is 2.76. The molecule has 1 fully saturated rings. The predicted molar refractivity (Wildman–Crippen MR) is 88.9 cm³/mol. The molecule has 0 aromatic heterocycles. The molecule has 2 heterocycles. The van der Waals surface area contributed by atoms with Crippen LogP contribution in [0.2, 0.25) is 0 Å². The van der Waals surface area contributed by atoms with Gasteiger partial charge < -0.3 is 5.32 Å². The first kappa shape index (κ1) is 12.7. The maximum atomic E-state index is 3.65. The molecule has 1 radical (unpaired) electrons. The smallest absolute Gasteiger partial charge is 0.0617 e. The summed E-state index contributed by atoms with van der Waals surface area (Å²) in [5, 5.41) is 5.21. The molecule has 1 saturated heterocycles. The Kier molecular flexibility index (Phi) is 3.41. The average Bonchev–Trinajstić information content (AvgIpc) is 2.53. The van der Waals surface area contributed by atoms with Crippen molar-refractivity contribution in [1.29, 1.82) is 0 Å². The van der Waals surface area contributed by atoms with Crippen molar-refractivity contribution in [2.45, 2.75) is 29.1 Å². The third-order valence-corrected chi connectivity index (χ3v) is 6.17. The van der Waals surface area contributed by atoms with Crippen molar-refractivity contribution >= 4 is 34.9 Å². The quantitative estimate of drug-likeness (QED) is 0.619. The minimum absolute atomic E-state index is 1.23. The van der Waals surface area contributed by atoms with Crippen LogP contribution in [0.15, 0.2) is 52.3 Å². The molecule has 0 saturated carbocycles. The fraction of sp³-hybridized carbons (Fsp3) is 0.235. The number of hydrogen-bond acceptors (Lipinski definition) is 3. The van der Waals surface area contributed by atoms with Crippen LogP contribution in [0.3, 0.4) is 0 Å². The highest BCUT2D eigenvalue weighted by atomic mass is 32.2. The highest BCUT2D eigenvalue weighted by Gasteiger charge is 2.24. The van der Waals surface area contributed by atoms with E-state index in [9.17, 15) is 0 Å². The first-order valence-electron chi connectivity index (χ1n) is 7.08. The standard InChI is InChI=1S/C17H16NS2/c1-2-9-15-13(7-1)18-17-12(6-5-10-16(17)20-15)14-8-3-4-11-19-14/h1-2,5-7,9-10,18H,3-4,8,11H2. The molecular formula is C17H16NS2. The van der Waals surface area contributed by atoms with E-state index in [2.05, 4.69) is 47.8 Å². The highest BCUT2D eigenvalue weighted by Crippen LogP contribution is 2.49. The van der Waals surface area contributed by atoms with E-state index in [1.165, 1.54) is 51.7 Å². The Labute approximate surface area is 128 Å². The number of anilines is 2. The minimum atomic E-state index is 1.23. The first-order valence-corrected chi connectivity index (χ1v) is 8.88. The number of benzene rings is 2. The molecule has 0 atom stereocenters. The second kappa shape index (κ2) is 5.38. The molecule has 101 valence electrons. The van der Waals surface area contributed by atoms with Crippen molar-refractivity contribution in [2.75, 3.05) is 11.1 Å². The predicted octanol–water partition coefficient (Wildman–Crippen LogP) is 5.69. The largest absolute Gasteiger partial charge is 0.353 e. The van der Waals surface area contributed by atoms with E-state index in [0.717, 1.165) is 0 Å². The van der Waals surface area contributed by atoms with Gasteiger partial charge in [0, 0.05) is 9.79 Å². The van der Waals surface area contributed by atoms with Crippen molar-refractivity contribution < 1.29 is 0 Å². The first-order chi connectivity index (χ1) is 9.92. The fourth-order valence-corrected chi connectivity index (χ4v) is 4.99. The van der Waals surface area contributed by atoms with Crippen LogP contribution in [0, 0.1) is 5.25 Å². The molecule has 20 heavy (non-hydrogen) atoms. The normalized spacial score (nSPS) is 18.0. The van der Waals surface area contributed by atoms with Crippen LogP contribution in [0.5, 0.6) is 0 Å². The lowest BCUT2D eigenvalue weighted by molar-refractivity contribution is 0.767. The summed E-state index contributed by atoms with van der Waals surface area (Å²) in [6.07, 6.45) is 3.92. The Hall–Kier alpha value is -1.06. The number of para-hydroxylation sites is 2. The van der Waals surface area contributed by atoms with E-state index >= 15 is 0 Å². The summed E-state index contributed by atoms with van der Waals surface area (Å²) >= 11 is 3.91. The summed E-state index contributed by atoms with van der Waals surface area (Å²) in [5.41, 5.74) is 3.95. The van der Waals surface area contributed by atoms with Gasteiger partial charge in [0.15, 0.2) is 0 Å². The van der Waals surface area contributed by atoms with E-state index in [4.69, 9.17) is 0 Å². The molecule has 0 bridgehead atoms. The molecule has 4 rings (SSSR count). The molecular weight excluding hydrogens is 282 g/mol. The molecule has 0 spiro atoms. The van der Waals surface area contributed by atoms with Gasteiger partial charge in [-0.1, -0.05) is 42.4 Å². The van der Waals surface area contributed by atoms with Gasteiger partial charge in [-0.15, -0.1) is 11.8 Å². The monoisotopic (exact) mass is 298 g/mol. The van der Waals surface area contributed by atoms with Crippen molar-refractivity contribution in [3.8, 4) is 0 Å². The lowest BCUT2D eigenvalue weighted by Crippen LogP contribution is -2.08. The van der Waals surface area contributed by atoms with E-state index in [0.29, 0.717) is 0 Å². The zero-order chi connectivity index (χ0) is 13.4. The highest BCUT2D eigenvalue weighted by molar-refractivity contribution is 8.02. The number of fused-ring (bicyclic) bond motifs is 2. The molecule has 2 aliphatic rings. The Morgan fingerprint density at radius 1 is 0.900 bits per heavy atom. The lowest BCUT2D eigenvalue weighted by atomic mass is 10.0. The van der Waals surface area contributed by atoms with Crippen molar-refractivity contribution in [3.63, 3.8) is 0 Å². The summed E-state index contributed by atoms with van der Waals surface area (Å²) in [5.74, 6) is 1.27. The third kappa shape index (κ3) is 2.23. The molecule has 0 aliphatic carbocycles. The minimum Gasteiger partial charge on any atom is -0.353 e. The van der Waals surface area contributed by atoms with Gasteiger partial charge in [0.2, 0.25) is 0 Å². The van der Waals surface area contributed by atoms with Crippen LogP contribution in [-0.4, -0.2) is 5.75 Å². The van der Waals surface area contributed by atoms with E-state index < -0.39 is 0 Å². The van der Waals surface area contributed by atoms with Gasteiger partial charge in [-0.25, -0.2) is 0 Å². The Balaban J connectivity index is 1.74. The maximum absolute atomic E-state index is 3.65. The van der Waals surface area contributed by atoms with E-state index in [-0.39, 0.29) is 0 Å². The molecule has 0 amide bonds. The summed E-state index contributed by atoms with van der Waals surface area (Å²) in [7, 11) is 0. The van der Waals surface area contributed by atoms with E-state index in [1.807, 2.05) is 23.5 Å². The van der Waals surface area contributed by atoms with Crippen LogP contribution >= 0.6 is 23.5 Å². The van der Waals surface area contributed by atoms with Gasteiger partial charge in [0.25, 0.3) is 0 Å². The molecule has 2 aliphatic heterocycles. The van der Waals surface area contributed by atoms with Gasteiger partial charge in [-0.3, -0.25) is 0 Å². The number of thioether (sulfide) groups is 1. The summed E-state index contributed by atoms with van der Waals surface area (Å²) in [6.45, 7) is 0. The average molecular weight is 298 g/mol.